The van der Waals surface area contributed by atoms with Crippen LogP contribution < -0.4 is 5.14 Å². The second-order valence-corrected chi connectivity index (χ2v) is 11.2. The average Bonchev–Trinajstić information content (AvgIpc) is 3.31. The highest BCUT2D eigenvalue weighted by molar-refractivity contribution is 7.95. The van der Waals surface area contributed by atoms with E-state index in [1.54, 1.807) is 0 Å². The predicted molar refractivity (Wildman–Crippen MR) is 124 cm³/mol. The number of hydrogen-bond acceptors (Lipinski definition) is 6. The van der Waals surface area contributed by atoms with E-state index in [1.165, 1.54) is 11.1 Å². The molecule has 0 spiro atoms. The molecule has 3 aliphatic rings. The van der Waals surface area contributed by atoms with E-state index in [4.69, 9.17) is 14.6 Å². The van der Waals surface area contributed by atoms with Crippen LogP contribution in [0.15, 0.2) is 21.2 Å². The van der Waals surface area contributed by atoms with Crippen molar-refractivity contribution >= 4 is 15.8 Å². The van der Waals surface area contributed by atoms with Gasteiger partial charge in [0.25, 0.3) is 5.91 Å². The molecule has 0 saturated carbocycles. The van der Waals surface area contributed by atoms with Crippen molar-refractivity contribution in [2.45, 2.75) is 65.6 Å². The smallest absolute Gasteiger partial charge is 0.259 e. The maximum atomic E-state index is 13.4. The summed E-state index contributed by atoms with van der Waals surface area (Å²) in [4.78, 5) is 13.5. The first-order valence-corrected chi connectivity index (χ1v) is 12.9. The van der Waals surface area contributed by atoms with Crippen molar-refractivity contribution in [3.8, 4) is 0 Å². The second-order valence-electron chi connectivity index (χ2n) is 9.40. The third-order valence-corrected chi connectivity index (χ3v) is 7.83. The number of amides is 1. The predicted octanol–water partition coefficient (Wildman–Crippen LogP) is 3.13. The molecule has 9 heteroatoms. The summed E-state index contributed by atoms with van der Waals surface area (Å²) in [5.74, 6) is 0.487. The van der Waals surface area contributed by atoms with Gasteiger partial charge in [-0.15, -0.1) is 4.36 Å². The molecular weight excluding hydrogens is 428 g/mol. The van der Waals surface area contributed by atoms with Crippen LogP contribution >= 0.6 is 0 Å². The minimum absolute atomic E-state index is 0.0749. The number of rotatable bonds is 5. The van der Waals surface area contributed by atoms with E-state index in [1.807, 2.05) is 17.1 Å². The van der Waals surface area contributed by atoms with Crippen LogP contribution in [0.4, 0.5) is 0 Å². The van der Waals surface area contributed by atoms with Crippen molar-refractivity contribution in [2.24, 2.45) is 9.50 Å². The number of fused-ring (bicyclic) bond motifs is 2. The van der Waals surface area contributed by atoms with Gasteiger partial charge >= 0.3 is 0 Å². The molecule has 4 rings (SSSR count). The zero-order chi connectivity index (χ0) is 23.2. The molecule has 0 aliphatic carbocycles. The van der Waals surface area contributed by atoms with Crippen molar-refractivity contribution in [2.75, 3.05) is 26.7 Å². The van der Waals surface area contributed by atoms with Crippen LogP contribution in [-0.2, 0) is 43.8 Å². The molecular formula is C23H34N4O4S. The van der Waals surface area contributed by atoms with Crippen LogP contribution in [0.5, 0.6) is 0 Å². The van der Waals surface area contributed by atoms with Crippen LogP contribution in [0.3, 0.4) is 0 Å². The minimum atomic E-state index is -3.39. The van der Waals surface area contributed by atoms with Gasteiger partial charge in [0.15, 0.2) is 0 Å². The molecule has 8 nitrogen and oxygen atoms in total. The highest BCUT2D eigenvalue weighted by Crippen LogP contribution is 2.37. The summed E-state index contributed by atoms with van der Waals surface area (Å²) in [5.41, 5.74) is 5.62. The molecule has 3 aliphatic heterocycles. The van der Waals surface area contributed by atoms with Crippen LogP contribution in [-0.4, -0.2) is 46.9 Å². The second kappa shape index (κ2) is 8.78. The van der Waals surface area contributed by atoms with Gasteiger partial charge in [0, 0.05) is 20.0 Å². The third-order valence-electron chi connectivity index (χ3n) is 6.35. The van der Waals surface area contributed by atoms with Gasteiger partial charge in [-0.05, 0) is 39.7 Å². The van der Waals surface area contributed by atoms with Crippen LogP contribution in [0.25, 0.3) is 0 Å². The summed E-state index contributed by atoms with van der Waals surface area (Å²) in [6.45, 7) is 11.3. The minimum Gasteiger partial charge on any atom is -0.477 e. The number of nitrogens with zero attached hydrogens (tertiary/aromatic N) is 3. The van der Waals surface area contributed by atoms with Gasteiger partial charge in [-0.2, -0.15) is 0 Å². The zero-order valence-corrected chi connectivity index (χ0v) is 20.5. The van der Waals surface area contributed by atoms with Crippen molar-refractivity contribution in [1.29, 1.82) is 0 Å². The Bertz CT molecular complexity index is 1090. The van der Waals surface area contributed by atoms with E-state index in [2.05, 4.69) is 38.1 Å². The van der Waals surface area contributed by atoms with Gasteiger partial charge in [0.05, 0.1) is 32.8 Å². The zero-order valence-electron chi connectivity index (χ0n) is 19.6. The Kier molecular flexibility index (Phi) is 6.37. The Morgan fingerprint density at radius 3 is 2.69 bits per heavy atom. The van der Waals surface area contributed by atoms with Crippen LogP contribution in [0, 0.1) is 0 Å². The summed E-state index contributed by atoms with van der Waals surface area (Å²) >= 11 is 0. The van der Waals surface area contributed by atoms with E-state index < -0.39 is 15.8 Å². The Morgan fingerprint density at radius 1 is 1.25 bits per heavy atom. The Labute approximate surface area is 191 Å². The van der Waals surface area contributed by atoms with Gasteiger partial charge in [-0.3, -0.25) is 9.80 Å². The molecule has 0 bridgehead atoms. The molecule has 176 valence electrons. The van der Waals surface area contributed by atoms with Crippen LogP contribution in [0.1, 0.15) is 73.8 Å². The lowest BCUT2D eigenvalue weighted by molar-refractivity contribution is -0.117. The summed E-state index contributed by atoms with van der Waals surface area (Å²) in [7, 11) is -1.50. The number of carbonyl (C=O) groups is 1. The SMILES string of the molecule is CC(C)c1cc2c(c(C(C)C)c1CC(=O)N=S(N)(=O)C1=C3OCCCN3N(C)C1)COC2. The van der Waals surface area contributed by atoms with E-state index in [9.17, 15) is 9.00 Å². The fourth-order valence-corrected chi connectivity index (χ4v) is 6.19. The number of hydrogen-bond donors (Lipinski definition) is 1. The van der Waals surface area contributed by atoms with Gasteiger partial charge < -0.3 is 9.47 Å². The maximum Gasteiger partial charge on any atom is 0.259 e. The molecule has 1 unspecified atom stereocenters. The first-order chi connectivity index (χ1) is 15.1. The molecule has 2 N–H and O–H groups in total. The lowest BCUT2D eigenvalue weighted by Crippen LogP contribution is -2.38. The lowest BCUT2D eigenvalue weighted by Gasteiger charge is -2.31. The Hall–Kier alpha value is -1.94. The van der Waals surface area contributed by atoms with E-state index in [0.717, 1.165) is 29.7 Å². The number of ether oxygens (including phenoxy) is 2. The van der Waals surface area contributed by atoms with Gasteiger partial charge in [0.2, 0.25) is 5.88 Å². The molecule has 0 aromatic heterocycles. The maximum absolute atomic E-state index is 13.4. The molecule has 3 heterocycles. The van der Waals surface area contributed by atoms with Gasteiger partial charge in [-0.25, -0.2) is 14.4 Å². The van der Waals surface area contributed by atoms with Crippen LogP contribution in [0.2, 0.25) is 0 Å². The summed E-state index contributed by atoms with van der Waals surface area (Å²) in [6.07, 6.45) is 0.951. The Balaban J connectivity index is 1.72. The molecule has 1 saturated heterocycles. The summed E-state index contributed by atoms with van der Waals surface area (Å²) in [6, 6.07) is 2.16. The quantitative estimate of drug-likeness (QED) is 0.722. The van der Waals surface area contributed by atoms with Crippen molar-refractivity contribution in [3.05, 3.63) is 44.7 Å². The number of carbonyl (C=O) groups excluding carboxylic acids is 1. The van der Waals surface area contributed by atoms with E-state index >= 15 is 0 Å². The number of nitrogens with two attached hydrogens (primary N) is 1. The molecule has 32 heavy (non-hydrogen) atoms. The number of likely N-dealkylation sites (N-methyl/N-ethyl adjacent to an activating group) is 1. The highest BCUT2D eigenvalue weighted by Gasteiger charge is 2.36. The average molecular weight is 463 g/mol. The van der Waals surface area contributed by atoms with Crippen molar-refractivity contribution in [1.82, 2.24) is 10.0 Å². The number of hydrazine groups is 1. The van der Waals surface area contributed by atoms with Gasteiger partial charge in [0.1, 0.15) is 14.8 Å². The Morgan fingerprint density at radius 2 is 2.00 bits per heavy atom. The monoisotopic (exact) mass is 462 g/mol. The fourth-order valence-electron chi connectivity index (χ4n) is 4.92. The molecule has 1 aromatic rings. The third kappa shape index (κ3) is 4.19. The van der Waals surface area contributed by atoms with Crippen molar-refractivity contribution in [3.63, 3.8) is 0 Å². The van der Waals surface area contributed by atoms with E-state index in [-0.39, 0.29) is 18.3 Å². The molecule has 1 fully saturated rings. The summed E-state index contributed by atoms with van der Waals surface area (Å²) < 4.78 is 28.9. The fraction of sp³-hybridized carbons (Fsp3) is 0.609. The normalized spacial score (nSPS) is 20.4. The van der Waals surface area contributed by atoms with Crippen molar-refractivity contribution < 1.29 is 18.5 Å². The topological polar surface area (TPSA) is 97.5 Å². The van der Waals surface area contributed by atoms with Gasteiger partial charge in [-0.1, -0.05) is 33.8 Å². The molecule has 1 amide bonds. The highest BCUT2D eigenvalue weighted by atomic mass is 32.2. The largest absolute Gasteiger partial charge is 0.477 e. The van der Waals surface area contributed by atoms with E-state index in [0.29, 0.717) is 37.2 Å². The number of benzene rings is 1. The first kappa shape index (κ1) is 23.2. The standard InChI is InChI=1S/C23H34N4O4S/c1-14(2)17-9-16-12-30-13-19(16)22(15(3)4)18(17)10-21(28)25-32(24,29)20-11-26(5)27-7-6-8-31-23(20)27/h9,14-15H,6-8,10-13H2,1-5H3,(H2,24,25,28,29). The first-order valence-electron chi connectivity index (χ1n) is 11.3. The molecule has 0 radical (unpaired) electrons. The lowest BCUT2D eigenvalue weighted by atomic mass is 9.82. The molecule has 1 atom stereocenters. The molecule has 1 aromatic carbocycles. The summed E-state index contributed by atoms with van der Waals surface area (Å²) in [5, 5.41) is 9.98.